The highest BCUT2D eigenvalue weighted by Gasteiger charge is 2.20. The van der Waals surface area contributed by atoms with Crippen LogP contribution in [0.3, 0.4) is 0 Å². The summed E-state index contributed by atoms with van der Waals surface area (Å²) in [7, 11) is 0. The monoisotopic (exact) mass is 380 g/mol. The van der Waals surface area contributed by atoms with Crippen LogP contribution in [0, 0.1) is 10.1 Å². The van der Waals surface area contributed by atoms with E-state index in [1.807, 2.05) is 57.5 Å². The van der Waals surface area contributed by atoms with E-state index in [9.17, 15) is 14.9 Å². The minimum Gasteiger partial charge on any atom is -0.443 e. The molecule has 2 aliphatic heterocycles. The molecule has 0 aromatic carbocycles. The summed E-state index contributed by atoms with van der Waals surface area (Å²) in [5.74, 6) is 0.577. The van der Waals surface area contributed by atoms with Crippen molar-refractivity contribution in [3.05, 3.63) is 88.7 Å². The van der Waals surface area contributed by atoms with E-state index in [1.165, 1.54) is 17.2 Å². The topological polar surface area (TPSA) is 88.8 Å². The molecule has 8 heteroatoms. The predicted molar refractivity (Wildman–Crippen MR) is 105 cm³/mol. The van der Waals surface area contributed by atoms with Crippen LogP contribution >= 0.6 is 0 Å². The van der Waals surface area contributed by atoms with Gasteiger partial charge in [-0.3, -0.25) is 15.0 Å². The van der Waals surface area contributed by atoms with Crippen molar-refractivity contribution in [3.63, 3.8) is 0 Å². The Morgan fingerprint density at radius 3 is 2.07 bits per heavy atom. The highest BCUT2D eigenvalue weighted by Crippen LogP contribution is 2.23. The van der Waals surface area contributed by atoms with Crippen LogP contribution in [0.5, 0.6) is 0 Å². The standard InChI is InChI=1S/C20H20N4O4/c1-20(2,3)28-19(25)23-12-8-16(9-13-23)15-6-10-22(11-7-15)18-5-4-17(14-21-18)24(26)27/h4-14H,1-3H3. The fraction of sp³-hybridized carbons (Fsp3) is 0.200. The van der Waals surface area contributed by atoms with E-state index < -0.39 is 16.6 Å². The summed E-state index contributed by atoms with van der Waals surface area (Å²) in [6.45, 7) is 5.45. The average Bonchev–Trinajstić information content (AvgIpc) is 2.67. The second-order valence-corrected chi connectivity index (χ2v) is 7.10. The van der Waals surface area contributed by atoms with Crippen LogP contribution < -0.4 is 4.90 Å². The Bertz CT molecular complexity index is 902. The molecule has 1 aromatic rings. The first-order valence-corrected chi connectivity index (χ1v) is 8.60. The SMILES string of the molecule is CC(C)(C)OC(=O)N1C=CC(=C2C=CN(c3ccc([N+](=O)[O-])cn3)C=C2)C=C1. The van der Waals surface area contributed by atoms with Crippen LogP contribution in [-0.2, 0) is 4.74 Å². The lowest BCUT2D eigenvalue weighted by molar-refractivity contribution is -0.385. The number of nitrogens with zero attached hydrogens (tertiary/aromatic N) is 4. The van der Waals surface area contributed by atoms with Crippen LogP contribution in [0.25, 0.3) is 0 Å². The van der Waals surface area contributed by atoms with Crippen molar-refractivity contribution < 1.29 is 14.5 Å². The number of rotatable bonds is 2. The molecular weight excluding hydrogens is 360 g/mol. The molecule has 2 aliphatic rings. The van der Waals surface area contributed by atoms with E-state index in [-0.39, 0.29) is 5.69 Å². The largest absolute Gasteiger partial charge is 0.443 e. The molecule has 0 saturated heterocycles. The van der Waals surface area contributed by atoms with Crippen LogP contribution in [0.1, 0.15) is 20.8 Å². The molecule has 8 nitrogen and oxygen atoms in total. The molecule has 3 heterocycles. The van der Waals surface area contributed by atoms with E-state index in [0.29, 0.717) is 5.82 Å². The minimum atomic E-state index is -0.554. The van der Waals surface area contributed by atoms with E-state index in [2.05, 4.69) is 4.98 Å². The van der Waals surface area contributed by atoms with Gasteiger partial charge in [-0.05, 0) is 62.3 Å². The summed E-state index contributed by atoms with van der Waals surface area (Å²) in [6.07, 6.45) is 15.2. The second kappa shape index (κ2) is 7.51. The van der Waals surface area contributed by atoms with Crippen molar-refractivity contribution in [3.8, 4) is 0 Å². The zero-order chi connectivity index (χ0) is 20.3. The number of pyridine rings is 1. The number of aromatic nitrogens is 1. The summed E-state index contributed by atoms with van der Waals surface area (Å²) in [6, 6.07) is 3.00. The molecule has 0 bridgehead atoms. The molecule has 144 valence electrons. The van der Waals surface area contributed by atoms with Gasteiger partial charge in [-0.15, -0.1) is 0 Å². The molecule has 0 atom stereocenters. The third kappa shape index (κ3) is 4.53. The summed E-state index contributed by atoms with van der Waals surface area (Å²) in [5.41, 5.74) is 1.28. The molecule has 0 radical (unpaired) electrons. The summed E-state index contributed by atoms with van der Waals surface area (Å²) < 4.78 is 5.33. The molecule has 28 heavy (non-hydrogen) atoms. The number of amides is 1. The predicted octanol–water partition coefficient (Wildman–Crippen LogP) is 4.41. The van der Waals surface area contributed by atoms with Gasteiger partial charge in [-0.25, -0.2) is 9.78 Å². The fourth-order valence-electron chi connectivity index (χ4n) is 2.47. The number of allylic oxidation sites excluding steroid dienone is 6. The number of hydrogen-bond donors (Lipinski definition) is 0. The molecule has 0 spiro atoms. The fourth-order valence-corrected chi connectivity index (χ4v) is 2.47. The van der Waals surface area contributed by atoms with Crippen LogP contribution in [0.2, 0.25) is 0 Å². The van der Waals surface area contributed by atoms with E-state index in [4.69, 9.17) is 4.74 Å². The van der Waals surface area contributed by atoms with Crippen molar-refractivity contribution in [1.82, 2.24) is 9.88 Å². The normalized spacial score (nSPS) is 16.0. The highest BCUT2D eigenvalue weighted by molar-refractivity contribution is 5.72. The second-order valence-electron chi connectivity index (χ2n) is 7.10. The maximum absolute atomic E-state index is 12.1. The zero-order valence-electron chi connectivity index (χ0n) is 15.8. The first-order valence-electron chi connectivity index (χ1n) is 8.60. The maximum Gasteiger partial charge on any atom is 0.418 e. The maximum atomic E-state index is 12.1. The van der Waals surface area contributed by atoms with Crippen molar-refractivity contribution in [1.29, 1.82) is 0 Å². The molecular formula is C20H20N4O4. The van der Waals surface area contributed by atoms with Crippen LogP contribution in [-0.4, -0.2) is 26.5 Å². The van der Waals surface area contributed by atoms with Crippen molar-refractivity contribution in [2.45, 2.75) is 26.4 Å². The molecule has 0 N–H and O–H groups in total. The molecule has 0 saturated carbocycles. The lowest BCUT2D eigenvalue weighted by Crippen LogP contribution is -2.31. The molecule has 0 aliphatic carbocycles. The van der Waals surface area contributed by atoms with Gasteiger partial charge < -0.3 is 9.64 Å². The smallest absolute Gasteiger partial charge is 0.418 e. The van der Waals surface area contributed by atoms with Gasteiger partial charge in [0.25, 0.3) is 5.69 Å². The molecule has 1 amide bonds. The number of carbonyl (C=O) groups is 1. The lowest BCUT2D eigenvalue weighted by atomic mass is 10.0. The summed E-state index contributed by atoms with van der Waals surface area (Å²) in [5, 5.41) is 10.7. The first kappa shape index (κ1) is 19.1. The van der Waals surface area contributed by atoms with E-state index >= 15 is 0 Å². The summed E-state index contributed by atoms with van der Waals surface area (Å²) in [4.78, 5) is 29.5. The number of nitro groups is 1. The Labute approximate surface area is 162 Å². The number of hydrogen-bond acceptors (Lipinski definition) is 6. The number of anilines is 1. The third-order valence-corrected chi connectivity index (χ3v) is 3.80. The van der Waals surface area contributed by atoms with Gasteiger partial charge in [-0.2, -0.15) is 0 Å². The van der Waals surface area contributed by atoms with E-state index in [1.54, 1.807) is 23.4 Å². The highest BCUT2D eigenvalue weighted by atomic mass is 16.6. The molecule has 1 aromatic heterocycles. The number of carbonyl (C=O) groups excluding carboxylic acids is 1. The van der Waals surface area contributed by atoms with Crippen molar-refractivity contribution >= 4 is 17.6 Å². The van der Waals surface area contributed by atoms with Gasteiger partial charge in [0.15, 0.2) is 0 Å². The number of ether oxygens (including phenoxy) is 1. The minimum absolute atomic E-state index is 0.0523. The van der Waals surface area contributed by atoms with Crippen molar-refractivity contribution in [2.75, 3.05) is 4.90 Å². The van der Waals surface area contributed by atoms with Gasteiger partial charge in [0.1, 0.15) is 17.6 Å². The van der Waals surface area contributed by atoms with Gasteiger partial charge in [-0.1, -0.05) is 0 Å². The van der Waals surface area contributed by atoms with Gasteiger partial charge >= 0.3 is 6.09 Å². The van der Waals surface area contributed by atoms with Crippen LogP contribution in [0.4, 0.5) is 16.3 Å². The molecule has 0 fully saturated rings. The van der Waals surface area contributed by atoms with Crippen molar-refractivity contribution in [2.24, 2.45) is 0 Å². The Morgan fingerprint density at radius 1 is 1.04 bits per heavy atom. The summed E-state index contributed by atoms with van der Waals surface area (Å²) >= 11 is 0. The Balaban J connectivity index is 1.68. The Morgan fingerprint density at radius 2 is 1.61 bits per heavy atom. The van der Waals surface area contributed by atoms with Gasteiger partial charge in [0.05, 0.1) is 4.92 Å². The lowest BCUT2D eigenvalue weighted by Gasteiger charge is -2.24. The van der Waals surface area contributed by atoms with Crippen LogP contribution in [0.15, 0.2) is 78.6 Å². The van der Waals surface area contributed by atoms with E-state index in [0.717, 1.165) is 11.1 Å². The average molecular weight is 380 g/mol. The molecule has 3 rings (SSSR count). The Hall–Kier alpha value is -3.68. The zero-order valence-corrected chi connectivity index (χ0v) is 15.8. The van der Waals surface area contributed by atoms with Gasteiger partial charge in [0, 0.05) is 30.9 Å². The third-order valence-electron chi connectivity index (χ3n) is 3.80. The molecule has 0 unspecified atom stereocenters. The Kier molecular flexibility index (Phi) is 5.12. The first-order chi connectivity index (χ1) is 13.2. The van der Waals surface area contributed by atoms with Gasteiger partial charge in [0.2, 0.25) is 0 Å². The quantitative estimate of drug-likeness (QED) is 0.558.